The topological polar surface area (TPSA) is 58.4 Å². The van der Waals surface area contributed by atoms with Crippen LogP contribution in [-0.4, -0.2) is 45.7 Å². The normalized spacial score (nSPS) is 21.5. The average Bonchev–Trinajstić information content (AvgIpc) is 2.74. The lowest BCUT2D eigenvalue weighted by molar-refractivity contribution is -0.136. The molecule has 1 saturated heterocycles. The number of aromatic nitrogens is 2. The second-order valence-electron chi connectivity index (χ2n) is 4.48. The van der Waals surface area contributed by atoms with E-state index in [-0.39, 0.29) is 6.42 Å². The molecule has 5 heteroatoms. The Morgan fingerprint density at radius 1 is 1.62 bits per heavy atom. The molecule has 0 amide bonds. The van der Waals surface area contributed by atoms with Gasteiger partial charge in [-0.05, 0) is 20.0 Å². The molecule has 0 aromatic carbocycles. The molecule has 1 aromatic heterocycles. The first-order valence-corrected chi connectivity index (χ1v) is 5.48. The largest absolute Gasteiger partial charge is 0.481 e. The highest BCUT2D eigenvalue weighted by atomic mass is 16.4. The van der Waals surface area contributed by atoms with E-state index in [4.69, 9.17) is 5.11 Å². The Labute approximate surface area is 94.7 Å². The number of likely N-dealkylation sites (N-methyl/N-ethyl adjacent to an activating group) is 1. The third kappa shape index (κ3) is 2.09. The van der Waals surface area contributed by atoms with Crippen LogP contribution in [0.5, 0.6) is 0 Å². The zero-order valence-electron chi connectivity index (χ0n) is 9.68. The van der Waals surface area contributed by atoms with Crippen molar-refractivity contribution in [3.8, 4) is 0 Å². The van der Waals surface area contributed by atoms with Gasteiger partial charge in [0.1, 0.15) is 12.2 Å². The summed E-state index contributed by atoms with van der Waals surface area (Å²) in [6, 6.07) is 0. The van der Waals surface area contributed by atoms with Gasteiger partial charge in [-0.1, -0.05) is 0 Å². The third-order valence-corrected chi connectivity index (χ3v) is 3.24. The number of hydrogen-bond acceptors (Lipinski definition) is 3. The second-order valence-corrected chi connectivity index (χ2v) is 4.48. The van der Waals surface area contributed by atoms with Crippen molar-refractivity contribution >= 4 is 5.97 Å². The highest BCUT2D eigenvalue weighted by molar-refractivity contribution is 5.69. The molecule has 2 rings (SSSR count). The van der Waals surface area contributed by atoms with Gasteiger partial charge in [-0.15, -0.1) is 0 Å². The second kappa shape index (κ2) is 4.25. The van der Waals surface area contributed by atoms with Gasteiger partial charge in [-0.3, -0.25) is 4.79 Å². The number of aliphatic carboxylic acids is 1. The van der Waals surface area contributed by atoms with Crippen LogP contribution in [0.4, 0.5) is 0 Å². The molecule has 1 N–H and O–H groups in total. The third-order valence-electron chi connectivity index (χ3n) is 3.24. The van der Waals surface area contributed by atoms with Crippen molar-refractivity contribution in [3.63, 3.8) is 0 Å². The predicted octanol–water partition coefficient (Wildman–Crippen LogP) is 0.466. The molecule has 0 spiro atoms. The Kier molecular flexibility index (Phi) is 2.96. The maximum Gasteiger partial charge on any atom is 0.311 e. The Morgan fingerprint density at radius 2 is 2.38 bits per heavy atom. The zero-order chi connectivity index (χ0) is 11.7. The SMILES string of the molecule is CN1CCC(c2cnc(CC(=O)O)n2C)C1. The molecule has 0 saturated carbocycles. The minimum Gasteiger partial charge on any atom is -0.481 e. The predicted molar refractivity (Wildman–Crippen MR) is 59.4 cm³/mol. The van der Waals surface area contributed by atoms with E-state index < -0.39 is 5.97 Å². The molecule has 1 fully saturated rings. The van der Waals surface area contributed by atoms with Crippen molar-refractivity contribution in [2.24, 2.45) is 7.05 Å². The summed E-state index contributed by atoms with van der Waals surface area (Å²) < 4.78 is 1.93. The lowest BCUT2D eigenvalue weighted by atomic mass is 10.1. The Balaban J connectivity index is 2.16. The monoisotopic (exact) mass is 223 g/mol. The first-order valence-electron chi connectivity index (χ1n) is 5.48. The lowest BCUT2D eigenvalue weighted by Crippen LogP contribution is -2.15. The van der Waals surface area contributed by atoms with Crippen LogP contribution in [0.15, 0.2) is 6.20 Å². The van der Waals surface area contributed by atoms with Crippen molar-refractivity contribution in [1.82, 2.24) is 14.5 Å². The molecule has 0 aliphatic carbocycles. The van der Waals surface area contributed by atoms with E-state index in [0.717, 1.165) is 25.2 Å². The number of likely N-dealkylation sites (tertiary alicyclic amines) is 1. The summed E-state index contributed by atoms with van der Waals surface area (Å²) in [5.41, 5.74) is 1.15. The molecule has 5 nitrogen and oxygen atoms in total. The van der Waals surface area contributed by atoms with E-state index in [2.05, 4.69) is 16.9 Å². The summed E-state index contributed by atoms with van der Waals surface area (Å²) in [6.07, 6.45) is 2.95. The van der Waals surface area contributed by atoms with Crippen molar-refractivity contribution in [3.05, 3.63) is 17.7 Å². The summed E-state index contributed by atoms with van der Waals surface area (Å²) in [7, 11) is 4.01. The summed E-state index contributed by atoms with van der Waals surface area (Å²) in [4.78, 5) is 17.1. The van der Waals surface area contributed by atoms with E-state index in [9.17, 15) is 4.79 Å². The fourth-order valence-corrected chi connectivity index (χ4v) is 2.32. The molecule has 1 aromatic rings. The van der Waals surface area contributed by atoms with E-state index in [0.29, 0.717) is 11.7 Å². The van der Waals surface area contributed by atoms with Gasteiger partial charge in [0.15, 0.2) is 0 Å². The summed E-state index contributed by atoms with van der Waals surface area (Å²) in [5, 5.41) is 8.75. The molecule has 88 valence electrons. The molecule has 0 bridgehead atoms. The molecule has 1 aliphatic heterocycles. The van der Waals surface area contributed by atoms with Crippen LogP contribution in [0.1, 0.15) is 23.9 Å². The minimum absolute atomic E-state index is 0.000933. The van der Waals surface area contributed by atoms with Gasteiger partial charge in [0.05, 0.1) is 0 Å². The number of hydrogen-bond donors (Lipinski definition) is 1. The Morgan fingerprint density at radius 3 is 2.94 bits per heavy atom. The van der Waals surface area contributed by atoms with Gasteiger partial charge in [0.2, 0.25) is 0 Å². The van der Waals surface area contributed by atoms with Crippen molar-refractivity contribution in [1.29, 1.82) is 0 Å². The first-order chi connectivity index (χ1) is 7.58. The fraction of sp³-hybridized carbons (Fsp3) is 0.636. The molecule has 0 radical (unpaired) electrons. The number of carbonyl (C=O) groups is 1. The molecule has 2 heterocycles. The Hall–Kier alpha value is -1.36. The van der Waals surface area contributed by atoms with Crippen LogP contribution in [0.3, 0.4) is 0 Å². The molecular formula is C11H17N3O2. The van der Waals surface area contributed by atoms with E-state index in [1.54, 1.807) is 0 Å². The number of carboxylic acid groups (broad SMARTS) is 1. The minimum atomic E-state index is -0.830. The highest BCUT2D eigenvalue weighted by Gasteiger charge is 2.24. The molecular weight excluding hydrogens is 206 g/mol. The van der Waals surface area contributed by atoms with Crippen LogP contribution in [0, 0.1) is 0 Å². The van der Waals surface area contributed by atoms with Gasteiger partial charge in [0, 0.05) is 31.4 Å². The fourth-order valence-electron chi connectivity index (χ4n) is 2.32. The number of imidazole rings is 1. The van der Waals surface area contributed by atoms with Crippen molar-refractivity contribution in [2.75, 3.05) is 20.1 Å². The van der Waals surface area contributed by atoms with Gasteiger partial charge >= 0.3 is 5.97 Å². The smallest absolute Gasteiger partial charge is 0.311 e. The molecule has 1 aliphatic rings. The number of rotatable bonds is 3. The van der Waals surface area contributed by atoms with Crippen molar-refractivity contribution < 1.29 is 9.90 Å². The molecule has 16 heavy (non-hydrogen) atoms. The van der Waals surface area contributed by atoms with E-state index in [1.165, 1.54) is 0 Å². The van der Waals surface area contributed by atoms with Crippen LogP contribution < -0.4 is 0 Å². The van der Waals surface area contributed by atoms with Crippen molar-refractivity contribution in [2.45, 2.75) is 18.8 Å². The molecule has 1 atom stereocenters. The van der Waals surface area contributed by atoms with Gasteiger partial charge < -0.3 is 14.6 Å². The Bertz CT molecular complexity index is 400. The maximum absolute atomic E-state index is 10.6. The van der Waals surface area contributed by atoms with E-state index in [1.807, 2.05) is 17.8 Å². The van der Waals surface area contributed by atoms with Gasteiger partial charge in [-0.2, -0.15) is 0 Å². The standard InChI is InChI=1S/C11H17N3O2/c1-13-4-3-8(7-13)9-6-12-10(14(9)2)5-11(15)16/h6,8H,3-5,7H2,1-2H3,(H,15,16). The zero-order valence-corrected chi connectivity index (χ0v) is 9.68. The van der Waals surface area contributed by atoms with Gasteiger partial charge in [-0.25, -0.2) is 4.98 Å². The number of carboxylic acids is 1. The van der Waals surface area contributed by atoms with Crippen LogP contribution in [0.25, 0.3) is 0 Å². The average molecular weight is 223 g/mol. The van der Waals surface area contributed by atoms with E-state index >= 15 is 0 Å². The number of nitrogens with zero attached hydrogens (tertiary/aromatic N) is 3. The summed E-state index contributed by atoms with van der Waals surface area (Å²) in [5.74, 6) is 0.297. The van der Waals surface area contributed by atoms with Gasteiger partial charge in [0.25, 0.3) is 0 Å². The highest BCUT2D eigenvalue weighted by Crippen LogP contribution is 2.26. The first kappa shape index (κ1) is 11.1. The quantitative estimate of drug-likeness (QED) is 0.809. The van der Waals surface area contributed by atoms with Crippen LogP contribution in [-0.2, 0) is 18.3 Å². The summed E-state index contributed by atoms with van der Waals surface area (Å²) >= 11 is 0. The van der Waals surface area contributed by atoms with Crippen LogP contribution in [0.2, 0.25) is 0 Å². The molecule has 1 unspecified atom stereocenters. The summed E-state index contributed by atoms with van der Waals surface area (Å²) in [6.45, 7) is 2.14. The maximum atomic E-state index is 10.6. The van der Waals surface area contributed by atoms with Crippen LogP contribution >= 0.6 is 0 Å². The lowest BCUT2D eigenvalue weighted by Gasteiger charge is -2.11.